The van der Waals surface area contributed by atoms with Gasteiger partial charge in [-0.15, -0.1) is 0 Å². The first-order valence-electron chi connectivity index (χ1n) is 6.03. The summed E-state index contributed by atoms with van der Waals surface area (Å²) in [5.74, 6) is -0.974. The van der Waals surface area contributed by atoms with Crippen LogP contribution < -0.4 is 5.32 Å². The molecule has 0 heterocycles. The molecule has 0 radical (unpaired) electrons. The fourth-order valence-electron chi connectivity index (χ4n) is 1.95. The van der Waals surface area contributed by atoms with Crippen molar-refractivity contribution in [1.82, 2.24) is 0 Å². The Morgan fingerprint density at radius 2 is 2.00 bits per heavy atom. The van der Waals surface area contributed by atoms with Crippen LogP contribution in [-0.2, 0) is 0 Å². The average Bonchev–Trinajstić information content (AvgIpc) is 2.38. The number of rotatable bonds is 4. The Kier molecular flexibility index (Phi) is 4.68. The van der Waals surface area contributed by atoms with Crippen molar-refractivity contribution in [3.8, 4) is 0 Å². The lowest BCUT2D eigenvalue weighted by atomic mass is 10.1. The van der Waals surface area contributed by atoms with Gasteiger partial charge in [-0.2, -0.15) is 0 Å². The van der Waals surface area contributed by atoms with Crippen LogP contribution in [0.5, 0.6) is 0 Å². The highest BCUT2D eigenvalue weighted by Gasteiger charge is 2.16. The molecule has 3 nitrogen and oxygen atoms in total. The van der Waals surface area contributed by atoms with Crippen molar-refractivity contribution in [1.29, 1.82) is 0 Å². The summed E-state index contributed by atoms with van der Waals surface area (Å²) in [6.07, 6.45) is 0. The van der Waals surface area contributed by atoms with Gasteiger partial charge < -0.3 is 10.4 Å². The van der Waals surface area contributed by atoms with Gasteiger partial charge >= 0.3 is 5.97 Å². The van der Waals surface area contributed by atoms with Crippen LogP contribution in [0, 0.1) is 0 Å². The molecule has 1 unspecified atom stereocenters. The molecule has 2 rings (SSSR count). The van der Waals surface area contributed by atoms with E-state index in [1.54, 1.807) is 24.3 Å². The third-order valence-corrected chi connectivity index (χ3v) is 3.84. The molecule has 0 bridgehead atoms. The molecule has 0 saturated heterocycles. The fourth-order valence-corrected chi connectivity index (χ4v) is 2.69. The Labute approximate surface area is 130 Å². The van der Waals surface area contributed by atoms with Crippen LogP contribution in [-0.4, -0.2) is 11.1 Å². The molecule has 5 heteroatoms. The van der Waals surface area contributed by atoms with E-state index in [0.29, 0.717) is 15.2 Å². The summed E-state index contributed by atoms with van der Waals surface area (Å²) in [7, 11) is 0. The van der Waals surface area contributed by atoms with Gasteiger partial charge in [0.05, 0.1) is 11.3 Å². The van der Waals surface area contributed by atoms with Gasteiger partial charge in [0.2, 0.25) is 0 Å². The largest absolute Gasteiger partial charge is 0.478 e. The van der Waals surface area contributed by atoms with Gasteiger partial charge in [-0.25, -0.2) is 4.79 Å². The Bertz CT molecular complexity index is 646. The monoisotopic (exact) mass is 353 g/mol. The standard InChI is InChI=1S/C15H13BrClNO2/c1-9(10-4-2-5-11(17)8-10)18-13-7-3-6-12(16)14(13)15(19)20/h2-9,18H,1H3,(H,19,20). The van der Waals surface area contributed by atoms with E-state index in [1.165, 1.54) is 0 Å². The number of halogens is 2. The van der Waals surface area contributed by atoms with Gasteiger partial charge in [0.1, 0.15) is 0 Å². The molecule has 0 amide bonds. The number of hydrogen-bond acceptors (Lipinski definition) is 2. The number of carbonyl (C=O) groups is 1. The molecule has 0 aliphatic carbocycles. The lowest BCUT2D eigenvalue weighted by Gasteiger charge is -2.18. The van der Waals surface area contributed by atoms with Crippen molar-refractivity contribution in [2.45, 2.75) is 13.0 Å². The molecule has 20 heavy (non-hydrogen) atoms. The number of hydrogen-bond donors (Lipinski definition) is 2. The molecule has 0 aliphatic rings. The second-order valence-corrected chi connectivity index (χ2v) is 5.68. The van der Waals surface area contributed by atoms with Crippen LogP contribution in [0.3, 0.4) is 0 Å². The maximum Gasteiger partial charge on any atom is 0.338 e. The molecule has 0 aliphatic heterocycles. The molecule has 0 aromatic heterocycles. The number of carboxylic acid groups (broad SMARTS) is 1. The van der Waals surface area contributed by atoms with Crippen LogP contribution in [0.1, 0.15) is 28.9 Å². The lowest BCUT2D eigenvalue weighted by molar-refractivity contribution is 0.0697. The number of carboxylic acids is 1. The van der Waals surface area contributed by atoms with Crippen molar-refractivity contribution in [2.75, 3.05) is 5.32 Å². The summed E-state index contributed by atoms with van der Waals surface area (Å²) in [5, 5.41) is 13.1. The van der Waals surface area contributed by atoms with Crippen molar-refractivity contribution in [3.05, 3.63) is 63.1 Å². The third-order valence-electron chi connectivity index (χ3n) is 2.95. The minimum atomic E-state index is -0.974. The van der Waals surface area contributed by atoms with E-state index in [9.17, 15) is 9.90 Å². The predicted octanol–water partition coefficient (Wildman–Crippen LogP) is 4.97. The molecule has 0 fully saturated rings. The van der Waals surface area contributed by atoms with Crippen molar-refractivity contribution >= 4 is 39.2 Å². The van der Waals surface area contributed by atoms with Crippen molar-refractivity contribution < 1.29 is 9.90 Å². The number of anilines is 1. The molecule has 104 valence electrons. The predicted molar refractivity (Wildman–Crippen MR) is 84.6 cm³/mol. The minimum Gasteiger partial charge on any atom is -0.478 e. The molecule has 2 N–H and O–H groups in total. The highest BCUT2D eigenvalue weighted by molar-refractivity contribution is 9.10. The minimum absolute atomic E-state index is 0.0545. The normalized spacial score (nSPS) is 11.9. The van der Waals surface area contributed by atoms with E-state index in [4.69, 9.17) is 11.6 Å². The zero-order chi connectivity index (χ0) is 14.7. The van der Waals surface area contributed by atoms with E-state index in [0.717, 1.165) is 5.56 Å². The zero-order valence-corrected chi connectivity index (χ0v) is 13.1. The smallest absolute Gasteiger partial charge is 0.338 e. The maximum absolute atomic E-state index is 11.3. The molecule has 0 saturated carbocycles. The summed E-state index contributed by atoms with van der Waals surface area (Å²) in [6, 6.07) is 12.7. The van der Waals surface area contributed by atoms with E-state index < -0.39 is 5.97 Å². The van der Waals surface area contributed by atoms with Crippen LogP contribution in [0.15, 0.2) is 46.9 Å². The van der Waals surface area contributed by atoms with Gasteiger partial charge in [-0.05, 0) is 52.7 Å². The maximum atomic E-state index is 11.3. The number of benzene rings is 2. The van der Waals surface area contributed by atoms with Crippen LogP contribution in [0.25, 0.3) is 0 Å². The molecule has 0 spiro atoms. The van der Waals surface area contributed by atoms with Crippen LogP contribution in [0.4, 0.5) is 5.69 Å². The quantitative estimate of drug-likeness (QED) is 0.814. The van der Waals surface area contributed by atoms with E-state index in [2.05, 4.69) is 21.2 Å². The van der Waals surface area contributed by atoms with Gasteiger partial charge in [0, 0.05) is 15.5 Å². The van der Waals surface area contributed by atoms with E-state index >= 15 is 0 Å². The van der Waals surface area contributed by atoms with Gasteiger partial charge in [0.25, 0.3) is 0 Å². The first kappa shape index (κ1) is 14.9. The number of nitrogens with one attached hydrogen (secondary N) is 1. The highest BCUT2D eigenvalue weighted by Crippen LogP contribution is 2.28. The summed E-state index contributed by atoms with van der Waals surface area (Å²) >= 11 is 9.23. The topological polar surface area (TPSA) is 49.3 Å². The van der Waals surface area contributed by atoms with E-state index in [1.807, 2.05) is 25.1 Å². The Balaban J connectivity index is 2.30. The second kappa shape index (κ2) is 6.29. The third kappa shape index (κ3) is 3.32. The molecule has 2 aromatic carbocycles. The Morgan fingerprint density at radius 1 is 1.30 bits per heavy atom. The first-order valence-corrected chi connectivity index (χ1v) is 7.20. The SMILES string of the molecule is CC(Nc1cccc(Br)c1C(=O)O)c1cccc(Cl)c1. The number of aromatic carboxylic acids is 1. The fraction of sp³-hybridized carbons (Fsp3) is 0.133. The summed E-state index contributed by atoms with van der Waals surface area (Å²) < 4.78 is 0.549. The Morgan fingerprint density at radius 3 is 2.65 bits per heavy atom. The van der Waals surface area contributed by atoms with Crippen LogP contribution in [0.2, 0.25) is 5.02 Å². The van der Waals surface area contributed by atoms with Gasteiger partial charge in [-0.3, -0.25) is 0 Å². The van der Waals surface area contributed by atoms with Crippen molar-refractivity contribution in [3.63, 3.8) is 0 Å². The summed E-state index contributed by atoms with van der Waals surface area (Å²) in [6.45, 7) is 1.96. The summed E-state index contributed by atoms with van der Waals surface area (Å²) in [5.41, 5.74) is 1.79. The molecular formula is C15H13BrClNO2. The molecule has 1 atom stereocenters. The molecule has 2 aromatic rings. The Hall–Kier alpha value is -1.52. The summed E-state index contributed by atoms with van der Waals surface area (Å²) in [4.78, 5) is 11.3. The zero-order valence-electron chi connectivity index (χ0n) is 10.7. The second-order valence-electron chi connectivity index (χ2n) is 4.39. The van der Waals surface area contributed by atoms with Gasteiger partial charge in [0.15, 0.2) is 0 Å². The molecular weight excluding hydrogens is 342 g/mol. The van der Waals surface area contributed by atoms with Gasteiger partial charge in [-0.1, -0.05) is 29.8 Å². The van der Waals surface area contributed by atoms with Crippen molar-refractivity contribution in [2.24, 2.45) is 0 Å². The average molecular weight is 355 g/mol. The van der Waals surface area contributed by atoms with Crippen LogP contribution >= 0.6 is 27.5 Å². The highest BCUT2D eigenvalue weighted by atomic mass is 79.9. The van der Waals surface area contributed by atoms with E-state index in [-0.39, 0.29) is 11.6 Å². The lowest BCUT2D eigenvalue weighted by Crippen LogP contribution is -2.11. The first-order chi connectivity index (χ1) is 9.49.